The third-order valence-corrected chi connectivity index (χ3v) is 3.30. The Labute approximate surface area is 112 Å². The molecule has 0 aromatic carbocycles. The van der Waals surface area contributed by atoms with Crippen LogP contribution in [0.1, 0.15) is 16.3 Å². The first kappa shape index (κ1) is 11.3. The zero-order valence-electron chi connectivity index (χ0n) is 9.45. The topological polar surface area (TPSA) is 63.9 Å². The number of halogens is 1. The maximum atomic E-state index is 12.3. The number of amides is 1. The number of hydrogen-bond donors (Lipinski definition) is 0. The molecule has 6 nitrogen and oxygen atoms in total. The Bertz CT molecular complexity index is 597. The van der Waals surface area contributed by atoms with Gasteiger partial charge in [-0.3, -0.25) is 4.79 Å². The Morgan fingerprint density at radius 1 is 1.33 bits per heavy atom. The molecule has 18 heavy (non-hydrogen) atoms. The lowest BCUT2D eigenvalue weighted by Gasteiger charge is -2.26. The maximum absolute atomic E-state index is 12.3. The normalized spacial score (nSPS) is 14.4. The van der Waals surface area contributed by atoms with Gasteiger partial charge in [0.2, 0.25) is 0 Å². The van der Waals surface area contributed by atoms with Gasteiger partial charge in [-0.1, -0.05) is 6.07 Å². The van der Waals surface area contributed by atoms with Crippen LogP contribution in [-0.4, -0.2) is 37.1 Å². The summed E-state index contributed by atoms with van der Waals surface area (Å²) in [5.74, 6) is 0.732. The Hall–Kier alpha value is -1.76. The molecule has 1 aliphatic rings. The molecule has 0 atom stereocenters. The van der Waals surface area contributed by atoms with Crippen molar-refractivity contribution in [2.45, 2.75) is 13.1 Å². The minimum absolute atomic E-state index is 0.0782. The van der Waals surface area contributed by atoms with E-state index in [0.29, 0.717) is 23.4 Å². The molecule has 1 amide bonds. The fourth-order valence-electron chi connectivity index (χ4n) is 1.93. The van der Waals surface area contributed by atoms with E-state index in [-0.39, 0.29) is 5.91 Å². The van der Waals surface area contributed by atoms with Crippen LogP contribution in [0, 0.1) is 0 Å². The van der Waals surface area contributed by atoms with Gasteiger partial charge < -0.3 is 9.47 Å². The first-order valence-corrected chi connectivity index (χ1v) is 6.32. The number of fused-ring (bicyclic) bond motifs is 1. The highest BCUT2D eigenvalue weighted by Gasteiger charge is 2.23. The van der Waals surface area contributed by atoms with Crippen LogP contribution in [0.3, 0.4) is 0 Å². The highest BCUT2D eigenvalue weighted by Crippen LogP contribution is 2.13. The van der Waals surface area contributed by atoms with Crippen molar-refractivity contribution in [2.24, 2.45) is 0 Å². The van der Waals surface area contributed by atoms with Crippen molar-refractivity contribution < 1.29 is 4.79 Å². The van der Waals surface area contributed by atoms with Crippen LogP contribution in [0.4, 0.5) is 0 Å². The van der Waals surface area contributed by atoms with Gasteiger partial charge in [0.15, 0.2) is 5.82 Å². The highest BCUT2D eigenvalue weighted by atomic mass is 79.9. The fourth-order valence-corrected chi connectivity index (χ4v) is 2.27. The smallest absolute Gasteiger partial charge is 0.272 e. The third-order valence-electron chi connectivity index (χ3n) is 2.86. The van der Waals surface area contributed by atoms with Crippen LogP contribution in [0.15, 0.2) is 29.1 Å². The van der Waals surface area contributed by atoms with Crippen molar-refractivity contribution in [2.75, 3.05) is 6.54 Å². The predicted molar refractivity (Wildman–Crippen MR) is 66.7 cm³/mol. The lowest BCUT2D eigenvalue weighted by Crippen LogP contribution is -2.38. The largest absolute Gasteiger partial charge is 0.328 e. The van der Waals surface area contributed by atoms with E-state index < -0.39 is 0 Å². The molecule has 3 rings (SSSR count). The fraction of sp³-hybridized carbons (Fsp3) is 0.273. The van der Waals surface area contributed by atoms with Crippen LogP contribution in [0.25, 0.3) is 0 Å². The number of nitrogens with zero attached hydrogens (tertiary/aromatic N) is 5. The van der Waals surface area contributed by atoms with Gasteiger partial charge in [0.1, 0.15) is 16.6 Å². The van der Waals surface area contributed by atoms with E-state index in [9.17, 15) is 4.79 Å². The average Bonchev–Trinajstić information content (AvgIpc) is 2.85. The number of aromatic nitrogens is 4. The Balaban J connectivity index is 1.83. The molecule has 1 aliphatic heterocycles. The summed E-state index contributed by atoms with van der Waals surface area (Å²) in [6, 6.07) is 5.31. The van der Waals surface area contributed by atoms with Crippen molar-refractivity contribution >= 4 is 21.8 Å². The van der Waals surface area contributed by atoms with Crippen molar-refractivity contribution in [1.82, 2.24) is 24.6 Å². The Morgan fingerprint density at radius 2 is 2.22 bits per heavy atom. The second-order valence-electron chi connectivity index (χ2n) is 4.01. The van der Waals surface area contributed by atoms with Crippen molar-refractivity contribution in [1.29, 1.82) is 0 Å². The molecule has 0 fully saturated rings. The quantitative estimate of drug-likeness (QED) is 0.740. The van der Waals surface area contributed by atoms with E-state index >= 15 is 0 Å². The van der Waals surface area contributed by atoms with Gasteiger partial charge in [-0.2, -0.15) is 0 Å². The molecule has 2 aromatic rings. The van der Waals surface area contributed by atoms with Crippen LogP contribution >= 0.6 is 15.9 Å². The van der Waals surface area contributed by atoms with Crippen molar-refractivity contribution in [3.63, 3.8) is 0 Å². The van der Waals surface area contributed by atoms with E-state index in [1.54, 1.807) is 29.4 Å². The molecule has 0 saturated heterocycles. The lowest BCUT2D eigenvalue weighted by atomic mass is 10.3. The van der Waals surface area contributed by atoms with Gasteiger partial charge in [-0.25, -0.2) is 4.98 Å². The van der Waals surface area contributed by atoms with Crippen LogP contribution in [0.2, 0.25) is 0 Å². The minimum Gasteiger partial charge on any atom is -0.328 e. The standard InChI is InChI=1S/C11H10BrN5O/c12-9-3-1-2-8(14-9)11(18)16-4-5-17-7-13-15-10(17)6-16/h1-3,7H,4-6H2. The molecule has 0 N–H and O–H groups in total. The lowest BCUT2D eigenvalue weighted by molar-refractivity contribution is 0.0701. The first-order chi connectivity index (χ1) is 8.74. The van der Waals surface area contributed by atoms with Gasteiger partial charge in [-0.15, -0.1) is 10.2 Å². The monoisotopic (exact) mass is 307 g/mol. The zero-order valence-corrected chi connectivity index (χ0v) is 11.0. The van der Waals surface area contributed by atoms with Crippen LogP contribution in [0.5, 0.6) is 0 Å². The molecule has 0 unspecified atom stereocenters. The SMILES string of the molecule is O=C(c1cccc(Br)n1)N1CCn2cnnc2C1. The molecule has 0 spiro atoms. The summed E-state index contributed by atoms with van der Waals surface area (Å²) in [4.78, 5) is 18.2. The zero-order chi connectivity index (χ0) is 12.5. The van der Waals surface area contributed by atoms with E-state index in [4.69, 9.17) is 0 Å². The molecular weight excluding hydrogens is 298 g/mol. The van der Waals surface area contributed by atoms with Crippen LogP contribution < -0.4 is 0 Å². The number of hydrogen-bond acceptors (Lipinski definition) is 4. The number of carbonyl (C=O) groups is 1. The highest BCUT2D eigenvalue weighted by molar-refractivity contribution is 9.10. The molecule has 7 heteroatoms. The summed E-state index contributed by atoms with van der Waals surface area (Å²) in [5.41, 5.74) is 0.442. The van der Waals surface area contributed by atoms with E-state index in [0.717, 1.165) is 12.4 Å². The van der Waals surface area contributed by atoms with Gasteiger partial charge in [-0.05, 0) is 28.1 Å². The van der Waals surface area contributed by atoms with E-state index in [1.165, 1.54) is 0 Å². The van der Waals surface area contributed by atoms with E-state index in [2.05, 4.69) is 31.1 Å². The molecule has 0 radical (unpaired) electrons. The number of rotatable bonds is 1. The van der Waals surface area contributed by atoms with E-state index in [1.807, 2.05) is 4.57 Å². The molecule has 2 aromatic heterocycles. The van der Waals surface area contributed by atoms with Gasteiger partial charge in [0.25, 0.3) is 5.91 Å². The number of pyridine rings is 1. The number of carbonyl (C=O) groups excluding carboxylic acids is 1. The molecule has 0 aliphatic carbocycles. The average molecular weight is 308 g/mol. The molecule has 3 heterocycles. The third kappa shape index (κ3) is 2.01. The first-order valence-electron chi connectivity index (χ1n) is 5.52. The second kappa shape index (κ2) is 4.49. The summed E-state index contributed by atoms with van der Waals surface area (Å²) in [6.07, 6.45) is 1.69. The summed E-state index contributed by atoms with van der Waals surface area (Å²) < 4.78 is 2.62. The maximum Gasteiger partial charge on any atom is 0.272 e. The summed E-state index contributed by atoms with van der Waals surface area (Å²) in [6.45, 7) is 1.85. The van der Waals surface area contributed by atoms with Gasteiger partial charge in [0, 0.05) is 13.1 Å². The summed E-state index contributed by atoms with van der Waals surface area (Å²) >= 11 is 3.27. The molecule has 92 valence electrons. The second-order valence-corrected chi connectivity index (χ2v) is 4.83. The van der Waals surface area contributed by atoms with Crippen LogP contribution in [-0.2, 0) is 13.1 Å². The Morgan fingerprint density at radius 3 is 3.06 bits per heavy atom. The minimum atomic E-state index is -0.0782. The molecule has 0 saturated carbocycles. The van der Waals surface area contributed by atoms with Gasteiger partial charge >= 0.3 is 0 Å². The summed E-state index contributed by atoms with van der Waals surface area (Å²) in [5, 5.41) is 7.83. The Kier molecular flexibility index (Phi) is 2.83. The van der Waals surface area contributed by atoms with Crippen molar-refractivity contribution in [3.05, 3.63) is 40.6 Å². The molecular formula is C11H10BrN5O. The predicted octanol–water partition coefficient (Wildman–Crippen LogP) is 1.09. The van der Waals surface area contributed by atoms with Crippen molar-refractivity contribution in [3.8, 4) is 0 Å². The summed E-state index contributed by atoms with van der Waals surface area (Å²) in [7, 11) is 0. The molecule has 0 bridgehead atoms. The van der Waals surface area contributed by atoms with Gasteiger partial charge in [0.05, 0.1) is 6.54 Å².